The molecule has 0 spiro atoms. The first kappa shape index (κ1) is 16.5. The van der Waals surface area contributed by atoms with E-state index in [1.165, 1.54) is 22.3 Å². The molecule has 1 atom stereocenters. The lowest BCUT2D eigenvalue weighted by molar-refractivity contribution is 0.721. The molecule has 2 aromatic rings. The van der Waals surface area contributed by atoms with E-state index in [1.54, 1.807) is 0 Å². The van der Waals surface area contributed by atoms with Crippen LogP contribution in [0.1, 0.15) is 42.1 Å². The Morgan fingerprint density at radius 1 is 1.09 bits per heavy atom. The SMILES string of the molecule is CCc1ccccc1NC(=S)NC(C)c1ccc(C)c(C)c1. The van der Waals surface area contributed by atoms with Gasteiger partial charge in [0.25, 0.3) is 0 Å². The van der Waals surface area contributed by atoms with E-state index in [4.69, 9.17) is 12.2 Å². The van der Waals surface area contributed by atoms with E-state index in [0.29, 0.717) is 5.11 Å². The highest BCUT2D eigenvalue weighted by Gasteiger charge is 2.09. The third-order valence-corrected chi connectivity index (χ3v) is 4.24. The van der Waals surface area contributed by atoms with Crippen molar-refractivity contribution in [2.24, 2.45) is 0 Å². The first-order valence-electron chi connectivity index (χ1n) is 7.73. The number of benzene rings is 2. The molecule has 0 saturated carbocycles. The van der Waals surface area contributed by atoms with Crippen LogP contribution in [0, 0.1) is 13.8 Å². The van der Waals surface area contributed by atoms with Gasteiger partial charge in [-0.05, 0) is 67.7 Å². The number of anilines is 1. The predicted octanol–water partition coefficient (Wildman–Crippen LogP) is 4.91. The minimum absolute atomic E-state index is 0.174. The quantitative estimate of drug-likeness (QED) is 0.784. The van der Waals surface area contributed by atoms with E-state index >= 15 is 0 Å². The van der Waals surface area contributed by atoms with Gasteiger partial charge in [0.05, 0.1) is 6.04 Å². The number of rotatable bonds is 4. The molecule has 2 N–H and O–H groups in total. The molecule has 0 bridgehead atoms. The second kappa shape index (κ2) is 7.41. The summed E-state index contributed by atoms with van der Waals surface area (Å²) in [5, 5.41) is 7.33. The largest absolute Gasteiger partial charge is 0.356 e. The molecule has 2 rings (SSSR count). The van der Waals surface area contributed by atoms with Crippen molar-refractivity contribution in [3.63, 3.8) is 0 Å². The molecular weight excluding hydrogens is 288 g/mol. The van der Waals surface area contributed by atoms with Gasteiger partial charge in [-0.1, -0.05) is 43.3 Å². The van der Waals surface area contributed by atoms with Crippen LogP contribution < -0.4 is 10.6 Å². The highest BCUT2D eigenvalue weighted by Crippen LogP contribution is 2.18. The summed E-state index contributed by atoms with van der Waals surface area (Å²) in [6, 6.07) is 15.0. The van der Waals surface area contributed by atoms with Crippen molar-refractivity contribution in [3.05, 3.63) is 64.7 Å². The fourth-order valence-corrected chi connectivity index (χ4v) is 2.71. The first-order chi connectivity index (χ1) is 10.5. The summed E-state index contributed by atoms with van der Waals surface area (Å²) in [5.74, 6) is 0. The molecule has 0 aliphatic carbocycles. The van der Waals surface area contributed by atoms with Crippen LogP contribution in [0.4, 0.5) is 5.69 Å². The first-order valence-corrected chi connectivity index (χ1v) is 8.14. The highest BCUT2D eigenvalue weighted by molar-refractivity contribution is 7.80. The Morgan fingerprint density at radius 3 is 2.50 bits per heavy atom. The van der Waals surface area contributed by atoms with E-state index < -0.39 is 0 Å². The molecule has 0 aromatic heterocycles. The monoisotopic (exact) mass is 312 g/mol. The van der Waals surface area contributed by atoms with Crippen molar-refractivity contribution in [3.8, 4) is 0 Å². The van der Waals surface area contributed by atoms with Gasteiger partial charge in [-0.2, -0.15) is 0 Å². The van der Waals surface area contributed by atoms with Crippen LogP contribution in [0.5, 0.6) is 0 Å². The Morgan fingerprint density at radius 2 is 1.82 bits per heavy atom. The second-order valence-corrected chi connectivity index (χ2v) is 6.08. The zero-order valence-corrected chi connectivity index (χ0v) is 14.6. The topological polar surface area (TPSA) is 24.1 Å². The van der Waals surface area contributed by atoms with E-state index in [1.807, 2.05) is 6.07 Å². The lowest BCUT2D eigenvalue weighted by Gasteiger charge is -2.19. The normalized spacial score (nSPS) is 11.8. The lowest BCUT2D eigenvalue weighted by Crippen LogP contribution is -2.31. The number of hydrogen-bond acceptors (Lipinski definition) is 1. The number of aryl methyl sites for hydroxylation is 3. The molecule has 2 nitrogen and oxygen atoms in total. The van der Waals surface area contributed by atoms with Crippen molar-refractivity contribution in [1.29, 1.82) is 0 Å². The molecule has 22 heavy (non-hydrogen) atoms. The molecule has 0 saturated heterocycles. The van der Waals surface area contributed by atoms with Crippen molar-refractivity contribution in [2.45, 2.75) is 40.2 Å². The van der Waals surface area contributed by atoms with Crippen molar-refractivity contribution >= 4 is 23.0 Å². The Kier molecular flexibility index (Phi) is 5.56. The summed E-state index contributed by atoms with van der Waals surface area (Å²) < 4.78 is 0. The summed E-state index contributed by atoms with van der Waals surface area (Å²) in [6.45, 7) is 8.54. The molecular formula is C19H24N2S. The Hall–Kier alpha value is -1.87. The minimum Gasteiger partial charge on any atom is -0.356 e. The van der Waals surface area contributed by atoms with Gasteiger partial charge in [-0.15, -0.1) is 0 Å². The van der Waals surface area contributed by atoms with Crippen LogP contribution >= 0.6 is 12.2 Å². The summed E-state index contributed by atoms with van der Waals surface area (Å²) in [5.41, 5.74) is 6.21. The maximum Gasteiger partial charge on any atom is 0.171 e. The molecule has 0 radical (unpaired) electrons. The minimum atomic E-state index is 0.174. The Labute approximate surface area is 139 Å². The summed E-state index contributed by atoms with van der Waals surface area (Å²) >= 11 is 5.46. The van der Waals surface area contributed by atoms with Crippen molar-refractivity contribution in [1.82, 2.24) is 5.32 Å². The predicted molar refractivity (Wildman–Crippen MR) is 99.5 cm³/mol. The van der Waals surface area contributed by atoms with Crippen molar-refractivity contribution in [2.75, 3.05) is 5.32 Å². The average molecular weight is 312 g/mol. The average Bonchev–Trinajstić information content (AvgIpc) is 2.50. The van der Waals surface area contributed by atoms with Crippen LogP contribution in [0.15, 0.2) is 42.5 Å². The molecule has 116 valence electrons. The second-order valence-electron chi connectivity index (χ2n) is 5.67. The fourth-order valence-electron chi connectivity index (χ4n) is 2.42. The number of nitrogens with one attached hydrogen (secondary N) is 2. The summed E-state index contributed by atoms with van der Waals surface area (Å²) in [6.07, 6.45) is 0.985. The maximum atomic E-state index is 5.46. The standard InChI is InChI=1S/C19H24N2S/c1-5-16-8-6-7-9-18(16)21-19(22)20-15(4)17-11-10-13(2)14(3)12-17/h6-12,15H,5H2,1-4H3,(H2,20,21,22). The number of thiocarbonyl (C=S) groups is 1. The van der Waals surface area contributed by atoms with Gasteiger partial charge in [0, 0.05) is 5.69 Å². The number of para-hydroxylation sites is 1. The van der Waals surface area contributed by atoms with Crippen molar-refractivity contribution < 1.29 is 0 Å². The molecule has 2 aromatic carbocycles. The Bertz CT molecular complexity index is 664. The van der Waals surface area contributed by atoms with Crippen LogP contribution in [0.25, 0.3) is 0 Å². The van der Waals surface area contributed by atoms with Gasteiger partial charge in [0.1, 0.15) is 0 Å². The molecule has 0 amide bonds. The molecule has 1 unspecified atom stereocenters. The van der Waals surface area contributed by atoms with E-state index in [-0.39, 0.29) is 6.04 Å². The van der Waals surface area contributed by atoms with Crippen LogP contribution in [0.3, 0.4) is 0 Å². The third-order valence-electron chi connectivity index (χ3n) is 4.03. The molecule has 0 fully saturated rings. The smallest absolute Gasteiger partial charge is 0.171 e. The van der Waals surface area contributed by atoms with E-state index in [0.717, 1.165) is 12.1 Å². The molecule has 0 aliphatic rings. The number of hydrogen-bond donors (Lipinski definition) is 2. The van der Waals surface area contributed by atoms with Gasteiger partial charge in [-0.25, -0.2) is 0 Å². The third kappa shape index (κ3) is 4.08. The molecule has 0 heterocycles. The van der Waals surface area contributed by atoms with Crippen LogP contribution in [-0.2, 0) is 6.42 Å². The summed E-state index contributed by atoms with van der Waals surface area (Å²) in [7, 11) is 0. The van der Waals surface area contributed by atoms with E-state index in [2.05, 4.69) is 74.7 Å². The molecule has 3 heteroatoms. The Balaban J connectivity index is 2.03. The highest BCUT2D eigenvalue weighted by atomic mass is 32.1. The van der Waals surface area contributed by atoms with E-state index in [9.17, 15) is 0 Å². The van der Waals surface area contributed by atoms with Gasteiger partial charge in [0.15, 0.2) is 5.11 Å². The fraction of sp³-hybridized carbons (Fsp3) is 0.316. The van der Waals surface area contributed by atoms with Gasteiger partial charge in [0.2, 0.25) is 0 Å². The zero-order valence-electron chi connectivity index (χ0n) is 13.7. The molecule has 0 aliphatic heterocycles. The zero-order chi connectivity index (χ0) is 16.1. The van der Waals surface area contributed by atoms with Crippen LogP contribution in [-0.4, -0.2) is 5.11 Å². The van der Waals surface area contributed by atoms with Gasteiger partial charge >= 0.3 is 0 Å². The van der Waals surface area contributed by atoms with Gasteiger partial charge in [-0.3, -0.25) is 0 Å². The van der Waals surface area contributed by atoms with Gasteiger partial charge < -0.3 is 10.6 Å². The summed E-state index contributed by atoms with van der Waals surface area (Å²) in [4.78, 5) is 0. The maximum absolute atomic E-state index is 5.46. The lowest BCUT2D eigenvalue weighted by atomic mass is 10.0. The van der Waals surface area contributed by atoms with Crippen LogP contribution in [0.2, 0.25) is 0 Å².